The highest BCUT2D eigenvalue weighted by Crippen LogP contribution is 2.32. The van der Waals surface area contributed by atoms with Crippen LogP contribution < -0.4 is 0 Å². The number of amides is 1. The Balaban J connectivity index is 2.34. The standard InChI is InChI=1S/C12H17N3O3S/c1-7(2)8-9(19-14-13-8)10(16)15-6-4-5-12(15,3)11(17)18/h7H,4-6H2,1-3H3,(H,17,18). The number of aliphatic carboxylic acids is 1. The normalized spacial score (nSPS) is 23.1. The van der Waals surface area contributed by atoms with Crippen molar-refractivity contribution in [3.05, 3.63) is 10.6 Å². The minimum atomic E-state index is -1.12. The summed E-state index contributed by atoms with van der Waals surface area (Å²) >= 11 is 1.04. The van der Waals surface area contributed by atoms with Gasteiger partial charge >= 0.3 is 5.97 Å². The van der Waals surface area contributed by atoms with E-state index in [1.807, 2.05) is 13.8 Å². The summed E-state index contributed by atoms with van der Waals surface area (Å²) in [4.78, 5) is 25.9. The van der Waals surface area contributed by atoms with Gasteiger partial charge in [-0.3, -0.25) is 4.79 Å². The summed E-state index contributed by atoms with van der Waals surface area (Å²) in [7, 11) is 0. The molecule has 0 aromatic carbocycles. The first-order chi connectivity index (χ1) is 8.88. The predicted molar refractivity (Wildman–Crippen MR) is 70.3 cm³/mol. The lowest BCUT2D eigenvalue weighted by atomic mass is 9.99. The van der Waals surface area contributed by atoms with Gasteiger partial charge in [0.1, 0.15) is 10.4 Å². The molecule has 0 bridgehead atoms. The number of hydrogen-bond acceptors (Lipinski definition) is 5. The number of carboxylic acids is 1. The Hall–Kier alpha value is -1.50. The van der Waals surface area contributed by atoms with Crippen molar-refractivity contribution in [3.63, 3.8) is 0 Å². The van der Waals surface area contributed by atoms with Crippen molar-refractivity contribution in [3.8, 4) is 0 Å². The lowest BCUT2D eigenvalue weighted by Gasteiger charge is -2.30. The lowest BCUT2D eigenvalue weighted by Crippen LogP contribution is -2.50. The van der Waals surface area contributed by atoms with Gasteiger partial charge in [-0.2, -0.15) is 0 Å². The fourth-order valence-corrected chi connectivity index (χ4v) is 3.13. The van der Waals surface area contributed by atoms with E-state index in [2.05, 4.69) is 9.59 Å². The van der Waals surface area contributed by atoms with Crippen molar-refractivity contribution < 1.29 is 14.7 Å². The second kappa shape index (κ2) is 4.88. The third-order valence-electron chi connectivity index (χ3n) is 3.60. The molecule has 6 nitrogen and oxygen atoms in total. The minimum Gasteiger partial charge on any atom is -0.480 e. The van der Waals surface area contributed by atoms with Gasteiger partial charge in [-0.25, -0.2) is 4.79 Å². The van der Waals surface area contributed by atoms with E-state index in [1.165, 1.54) is 4.90 Å². The molecule has 1 aromatic rings. The quantitative estimate of drug-likeness (QED) is 0.913. The second-order valence-corrected chi connectivity index (χ2v) is 6.04. The molecule has 1 saturated heterocycles. The maximum absolute atomic E-state index is 12.5. The third-order valence-corrected chi connectivity index (χ3v) is 4.33. The van der Waals surface area contributed by atoms with Gasteiger partial charge in [0.15, 0.2) is 0 Å². The SMILES string of the molecule is CC(C)c1nnsc1C(=O)N1CCCC1(C)C(=O)O. The molecule has 19 heavy (non-hydrogen) atoms. The fourth-order valence-electron chi connectivity index (χ4n) is 2.36. The Morgan fingerprint density at radius 3 is 2.74 bits per heavy atom. The van der Waals surface area contributed by atoms with Crippen LogP contribution in [0.3, 0.4) is 0 Å². The van der Waals surface area contributed by atoms with Gasteiger partial charge in [0.2, 0.25) is 0 Å². The first kappa shape index (κ1) is 13.9. The van der Waals surface area contributed by atoms with Gasteiger partial charge in [0.05, 0.1) is 5.69 Å². The van der Waals surface area contributed by atoms with Crippen molar-refractivity contribution in [1.82, 2.24) is 14.5 Å². The zero-order chi connectivity index (χ0) is 14.2. The highest BCUT2D eigenvalue weighted by atomic mass is 32.1. The van der Waals surface area contributed by atoms with Crippen LogP contribution in [0.15, 0.2) is 0 Å². The molecule has 2 rings (SSSR count). The molecule has 104 valence electrons. The number of hydrogen-bond donors (Lipinski definition) is 1. The molecule has 0 saturated carbocycles. The molecule has 0 aliphatic carbocycles. The fraction of sp³-hybridized carbons (Fsp3) is 0.667. The van der Waals surface area contributed by atoms with E-state index in [0.29, 0.717) is 30.0 Å². The topological polar surface area (TPSA) is 83.4 Å². The molecule has 1 unspecified atom stereocenters. The second-order valence-electron chi connectivity index (χ2n) is 5.28. The molecule has 1 fully saturated rings. The molecule has 1 aromatic heterocycles. The number of rotatable bonds is 3. The average Bonchev–Trinajstić information content (AvgIpc) is 2.94. The van der Waals surface area contributed by atoms with Gasteiger partial charge in [0, 0.05) is 6.54 Å². The van der Waals surface area contributed by atoms with Gasteiger partial charge in [0.25, 0.3) is 5.91 Å². The van der Waals surface area contributed by atoms with Crippen molar-refractivity contribution in [1.29, 1.82) is 0 Å². The highest BCUT2D eigenvalue weighted by molar-refractivity contribution is 7.08. The van der Waals surface area contributed by atoms with Crippen molar-refractivity contribution in [2.75, 3.05) is 6.54 Å². The van der Waals surface area contributed by atoms with E-state index in [0.717, 1.165) is 11.5 Å². The monoisotopic (exact) mass is 283 g/mol. The molecule has 0 spiro atoms. The number of carboxylic acid groups (broad SMARTS) is 1. The Morgan fingerprint density at radius 2 is 2.16 bits per heavy atom. The van der Waals surface area contributed by atoms with Gasteiger partial charge < -0.3 is 10.0 Å². The van der Waals surface area contributed by atoms with E-state index in [1.54, 1.807) is 6.92 Å². The van der Waals surface area contributed by atoms with Crippen LogP contribution >= 0.6 is 11.5 Å². The van der Waals surface area contributed by atoms with Gasteiger partial charge in [-0.1, -0.05) is 18.3 Å². The largest absolute Gasteiger partial charge is 0.480 e. The molecule has 2 heterocycles. The van der Waals surface area contributed by atoms with E-state index in [-0.39, 0.29) is 11.8 Å². The maximum atomic E-state index is 12.5. The molecule has 1 N–H and O–H groups in total. The average molecular weight is 283 g/mol. The van der Waals surface area contributed by atoms with Gasteiger partial charge in [-0.05, 0) is 37.2 Å². The first-order valence-electron chi connectivity index (χ1n) is 6.25. The maximum Gasteiger partial charge on any atom is 0.329 e. The molecule has 7 heteroatoms. The summed E-state index contributed by atoms with van der Waals surface area (Å²) < 4.78 is 3.83. The van der Waals surface area contributed by atoms with E-state index in [9.17, 15) is 14.7 Å². The van der Waals surface area contributed by atoms with Crippen LogP contribution in [0, 0.1) is 0 Å². The summed E-state index contributed by atoms with van der Waals surface area (Å²) in [6, 6.07) is 0. The smallest absolute Gasteiger partial charge is 0.329 e. The zero-order valence-electron chi connectivity index (χ0n) is 11.2. The number of carbonyl (C=O) groups is 2. The lowest BCUT2D eigenvalue weighted by molar-refractivity contribution is -0.147. The van der Waals surface area contributed by atoms with Crippen LogP contribution in [-0.2, 0) is 4.79 Å². The Labute approximate surface area is 115 Å². The van der Waals surface area contributed by atoms with Crippen molar-refractivity contribution in [2.45, 2.75) is 45.1 Å². The molecule has 1 aliphatic rings. The molecule has 0 radical (unpaired) electrons. The summed E-state index contributed by atoms with van der Waals surface area (Å²) in [5, 5.41) is 13.3. The first-order valence-corrected chi connectivity index (χ1v) is 7.03. The van der Waals surface area contributed by atoms with E-state index in [4.69, 9.17) is 0 Å². The zero-order valence-corrected chi connectivity index (χ0v) is 12.0. The number of nitrogens with zero attached hydrogens (tertiary/aromatic N) is 3. The third kappa shape index (κ3) is 2.22. The van der Waals surface area contributed by atoms with Crippen molar-refractivity contribution >= 4 is 23.4 Å². The van der Waals surface area contributed by atoms with E-state index >= 15 is 0 Å². The van der Waals surface area contributed by atoms with Crippen LogP contribution in [0.1, 0.15) is 54.9 Å². The van der Waals surface area contributed by atoms with Crippen LogP contribution in [0.2, 0.25) is 0 Å². The minimum absolute atomic E-state index is 0.0939. The summed E-state index contributed by atoms with van der Waals surface area (Å²) in [5.41, 5.74) is -0.468. The molecule has 1 atom stereocenters. The Morgan fingerprint density at radius 1 is 1.47 bits per heavy atom. The number of aromatic nitrogens is 2. The molecule has 1 amide bonds. The highest BCUT2D eigenvalue weighted by Gasteiger charge is 2.47. The molecular formula is C12H17N3O3S. The molecule has 1 aliphatic heterocycles. The Bertz CT molecular complexity index is 514. The number of likely N-dealkylation sites (tertiary alicyclic amines) is 1. The van der Waals surface area contributed by atoms with Crippen molar-refractivity contribution in [2.24, 2.45) is 0 Å². The van der Waals surface area contributed by atoms with Crippen LogP contribution in [0.5, 0.6) is 0 Å². The predicted octanol–water partition coefficient (Wildman–Crippen LogP) is 1.74. The van der Waals surface area contributed by atoms with Crippen LogP contribution in [0.25, 0.3) is 0 Å². The van der Waals surface area contributed by atoms with Crippen LogP contribution in [0.4, 0.5) is 0 Å². The Kier molecular flexibility index (Phi) is 3.58. The van der Waals surface area contributed by atoms with E-state index < -0.39 is 11.5 Å². The summed E-state index contributed by atoms with van der Waals surface area (Å²) in [6.07, 6.45) is 1.19. The molecular weight excluding hydrogens is 266 g/mol. The van der Waals surface area contributed by atoms with Gasteiger partial charge in [-0.15, -0.1) is 5.10 Å². The summed E-state index contributed by atoms with van der Waals surface area (Å²) in [5.74, 6) is -1.13. The number of carbonyl (C=O) groups excluding carboxylic acids is 1. The summed E-state index contributed by atoms with van der Waals surface area (Å²) in [6.45, 7) is 5.95. The van der Waals surface area contributed by atoms with Crippen LogP contribution in [-0.4, -0.2) is 43.6 Å².